The van der Waals surface area contributed by atoms with Crippen LogP contribution < -0.4 is 5.32 Å². The summed E-state index contributed by atoms with van der Waals surface area (Å²) in [6.07, 6.45) is 5.93. The zero-order valence-electron chi connectivity index (χ0n) is 15.5. The Hall–Kier alpha value is -1.44. The number of amides is 1. The number of hydrogen-bond acceptors (Lipinski definition) is 5. The van der Waals surface area contributed by atoms with E-state index in [4.69, 9.17) is 0 Å². The molecule has 26 heavy (non-hydrogen) atoms. The van der Waals surface area contributed by atoms with E-state index < -0.39 is 47.1 Å². The second-order valence-corrected chi connectivity index (χ2v) is 7.76. The summed E-state index contributed by atoms with van der Waals surface area (Å²) in [7, 11) is 0. The Bertz CT molecular complexity index is 560. The van der Waals surface area contributed by atoms with Gasteiger partial charge in [0, 0.05) is 5.92 Å². The molecule has 2 aliphatic rings. The highest BCUT2D eigenvalue weighted by Crippen LogP contribution is 2.44. The van der Waals surface area contributed by atoms with Crippen LogP contribution >= 0.6 is 0 Å². The van der Waals surface area contributed by atoms with Crippen LogP contribution in [0, 0.1) is 11.8 Å². The highest BCUT2D eigenvalue weighted by molar-refractivity contribution is 5.96. The van der Waals surface area contributed by atoms with Crippen molar-refractivity contribution in [2.75, 3.05) is 0 Å². The molecule has 7 heteroatoms. The van der Waals surface area contributed by atoms with Crippen molar-refractivity contribution in [3.63, 3.8) is 0 Å². The number of allylic oxidation sites excluding steroid dienone is 1. The molecule has 2 rings (SSSR count). The van der Waals surface area contributed by atoms with E-state index in [0.29, 0.717) is 12.8 Å². The highest BCUT2D eigenvalue weighted by atomic mass is 16.4. The summed E-state index contributed by atoms with van der Waals surface area (Å²) in [6, 6.07) is 0. The molecule has 0 aromatic rings. The number of nitrogens with one attached hydrogen (secondary N) is 1. The lowest BCUT2D eigenvalue weighted by molar-refractivity contribution is -0.173. The third-order valence-corrected chi connectivity index (χ3v) is 5.97. The van der Waals surface area contributed by atoms with Gasteiger partial charge in [-0.2, -0.15) is 0 Å². The van der Waals surface area contributed by atoms with Crippen LogP contribution in [-0.2, 0) is 9.59 Å². The van der Waals surface area contributed by atoms with E-state index in [0.717, 1.165) is 25.7 Å². The average molecular weight is 369 g/mol. The maximum Gasteiger partial charge on any atom is 0.335 e. The molecular weight excluding hydrogens is 338 g/mol. The van der Waals surface area contributed by atoms with Gasteiger partial charge in [0.05, 0.1) is 18.1 Å². The summed E-state index contributed by atoms with van der Waals surface area (Å²) in [4.78, 5) is 24.7. The van der Waals surface area contributed by atoms with Crippen LogP contribution in [0.15, 0.2) is 12.2 Å². The van der Waals surface area contributed by atoms with Crippen LogP contribution in [0.4, 0.5) is 0 Å². The van der Waals surface area contributed by atoms with Crippen molar-refractivity contribution < 1.29 is 30.0 Å². The summed E-state index contributed by atoms with van der Waals surface area (Å²) >= 11 is 0. The monoisotopic (exact) mass is 369 g/mol. The lowest BCUT2D eigenvalue weighted by atomic mass is 9.67. The number of carboxylic acid groups (broad SMARTS) is 1. The number of carbonyl (C=O) groups is 2. The van der Waals surface area contributed by atoms with E-state index in [-0.39, 0.29) is 6.42 Å². The van der Waals surface area contributed by atoms with Gasteiger partial charge in [-0.25, -0.2) is 4.79 Å². The zero-order valence-corrected chi connectivity index (χ0v) is 15.5. The van der Waals surface area contributed by atoms with Gasteiger partial charge < -0.3 is 25.7 Å². The van der Waals surface area contributed by atoms with Gasteiger partial charge in [0.2, 0.25) is 5.91 Å². The number of aliphatic hydroxyl groups is 3. The molecule has 1 saturated heterocycles. The Morgan fingerprint density at radius 2 is 2.08 bits per heavy atom. The number of rotatable bonds is 8. The van der Waals surface area contributed by atoms with Gasteiger partial charge in [-0.3, -0.25) is 4.79 Å². The normalized spacial score (nSPS) is 36.6. The van der Waals surface area contributed by atoms with Gasteiger partial charge in [-0.15, -0.1) is 0 Å². The molecule has 1 amide bonds. The van der Waals surface area contributed by atoms with E-state index >= 15 is 0 Å². The molecule has 0 saturated carbocycles. The van der Waals surface area contributed by atoms with Crippen molar-refractivity contribution in [1.29, 1.82) is 0 Å². The molecule has 0 bridgehead atoms. The van der Waals surface area contributed by atoms with Crippen molar-refractivity contribution in [1.82, 2.24) is 5.32 Å². The van der Waals surface area contributed by atoms with Crippen molar-refractivity contribution in [3.05, 3.63) is 12.2 Å². The van der Waals surface area contributed by atoms with Crippen molar-refractivity contribution in [3.8, 4) is 0 Å². The van der Waals surface area contributed by atoms with Gasteiger partial charge in [-0.1, -0.05) is 38.3 Å². The fourth-order valence-corrected chi connectivity index (χ4v) is 4.41. The second kappa shape index (κ2) is 8.06. The fourth-order valence-electron chi connectivity index (χ4n) is 4.41. The Balaban J connectivity index is 2.34. The molecule has 7 nitrogen and oxygen atoms in total. The minimum atomic E-state index is -2.26. The largest absolute Gasteiger partial charge is 0.479 e. The molecule has 6 atom stereocenters. The Morgan fingerprint density at radius 1 is 1.38 bits per heavy atom. The molecular formula is C19H31NO6. The molecule has 1 aliphatic carbocycles. The van der Waals surface area contributed by atoms with Crippen LogP contribution in [-0.4, -0.2) is 55.7 Å². The number of aliphatic hydroxyl groups excluding tert-OH is 2. The van der Waals surface area contributed by atoms with Crippen molar-refractivity contribution >= 4 is 11.9 Å². The first kappa shape index (κ1) is 20.9. The predicted molar refractivity (Wildman–Crippen MR) is 95.3 cm³/mol. The van der Waals surface area contributed by atoms with Crippen LogP contribution in [0.5, 0.6) is 0 Å². The van der Waals surface area contributed by atoms with E-state index in [1.807, 2.05) is 13.0 Å². The zero-order chi connectivity index (χ0) is 19.5. The summed E-state index contributed by atoms with van der Waals surface area (Å²) in [5.41, 5.74) is -4.39. The quantitative estimate of drug-likeness (QED) is 0.320. The van der Waals surface area contributed by atoms with E-state index in [1.54, 1.807) is 6.08 Å². The van der Waals surface area contributed by atoms with Crippen LogP contribution in [0.1, 0.15) is 58.8 Å². The summed E-state index contributed by atoms with van der Waals surface area (Å²) in [6.45, 7) is 3.23. The summed E-state index contributed by atoms with van der Waals surface area (Å²) in [5.74, 6) is -4.02. The number of carboxylic acids is 1. The smallest absolute Gasteiger partial charge is 0.335 e. The SMILES string of the molecule is CCCCC[C@H](O)[C@H]1C(=O)N[C@](C(=O)O)([C@@H](O)[C@@H]2C=CCCC2)[C@@]1(C)O. The van der Waals surface area contributed by atoms with Gasteiger partial charge in [0.25, 0.3) is 0 Å². The number of unbranched alkanes of at least 4 members (excludes halogenated alkanes) is 2. The lowest BCUT2D eigenvalue weighted by Crippen LogP contribution is -2.70. The maximum atomic E-state index is 12.5. The Morgan fingerprint density at radius 3 is 2.62 bits per heavy atom. The topological polar surface area (TPSA) is 127 Å². The Kier molecular flexibility index (Phi) is 6.47. The second-order valence-electron chi connectivity index (χ2n) is 7.76. The molecule has 148 valence electrons. The molecule has 5 N–H and O–H groups in total. The van der Waals surface area contributed by atoms with Crippen LogP contribution in [0.2, 0.25) is 0 Å². The molecule has 0 radical (unpaired) electrons. The number of carbonyl (C=O) groups excluding carboxylic acids is 1. The molecule has 1 fully saturated rings. The average Bonchev–Trinajstić information content (AvgIpc) is 2.81. The predicted octanol–water partition coefficient (Wildman–Crippen LogP) is 0.965. The van der Waals surface area contributed by atoms with Crippen molar-refractivity contribution in [2.45, 2.75) is 82.1 Å². The van der Waals surface area contributed by atoms with Gasteiger partial charge in [0.15, 0.2) is 5.54 Å². The van der Waals surface area contributed by atoms with Crippen LogP contribution in [0.25, 0.3) is 0 Å². The first-order valence-corrected chi connectivity index (χ1v) is 9.50. The molecule has 0 unspecified atom stereocenters. The minimum Gasteiger partial charge on any atom is -0.479 e. The third kappa shape index (κ3) is 3.40. The first-order valence-electron chi connectivity index (χ1n) is 9.50. The molecule has 0 spiro atoms. The lowest BCUT2D eigenvalue weighted by Gasteiger charge is -2.43. The number of hydrogen-bond donors (Lipinski definition) is 5. The van der Waals surface area contributed by atoms with Gasteiger partial charge >= 0.3 is 5.97 Å². The minimum absolute atomic E-state index is 0.289. The van der Waals surface area contributed by atoms with E-state index in [1.165, 1.54) is 6.92 Å². The maximum absolute atomic E-state index is 12.5. The van der Waals surface area contributed by atoms with Crippen LogP contribution in [0.3, 0.4) is 0 Å². The highest BCUT2D eigenvalue weighted by Gasteiger charge is 2.70. The summed E-state index contributed by atoms with van der Waals surface area (Å²) < 4.78 is 0. The van der Waals surface area contributed by atoms with Crippen molar-refractivity contribution in [2.24, 2.45) is 11.8 Å². The molecule has 0 aromatic heterocycles. The van der Waals surface area contributed by atoms with Gasteiger partial charge in [0.1, 0.15) is 5.60 Å². The molecule has 0 aromatic carbocycles. The van der Waals surface area contributed by atoms with Gasteiger partial charge in [-0.05, 0) is 32.6 Å². The van der Waals surface area contributed by atoms with E-state index in [2.05, 4.69) is 5.32 Å². The third-order valence-electron chi connectivity index (χ3n) is 5.97. The van der Waals surface area contributed by atoms with E-state index in [9.17, 15) is 30.0 Å². The molecule has 1 aliphatic heterocycles. The fraction of sp³-hybridized carbons (Fsp3) is 0.789. The first-order chi connectivity index (χ1) is 12.2. The summed E-state index contributed by atoms with van der Waals surface area (Å²) in [5, 5.41) is 44.7. The Labute approximate surface area is 154 Å². The molecule has 1 heterocycles. The standard InChI is InChI=1S/C19H31NO6/c1-3-4-6-11-13(21)14-16(23)20-19(17(24)25,18(14,2)26)15(22)12-9-7-5-8-10-12/h7,9,12-15,21-22,26H,3-6,8,10-11H2,1-2H3,(H,20,23)(H,24,25)/t12-,13+,14+,15+,18+,19+/m1/s1. The number of aliphatic carboxylic acids is 1.